The number of aromatic hydroxyl groups is 1. The summed E-state index contributed by atoms with van der Waals surface area (Å²) in [6, 6.07) is 11.2. The molecule has 0 fully saturated rings. The van der Waals surface area contributed by atoms with E-state index in [0.29, 0.717) is 31.5 Å². The molecule has 0 saturated carbocycles. The van der Waals surface area contributed by atoms with E-state index in [1.807, 2.05) is 45.0 Å². The minimum absolute atomic E-state index is 0.00181. The van der Waals surface area contributed by atoms with Gasteiger partial charge in [0.1, 0.15) is 0 Å². The summed E-state index contributed by atoms with van der Waals surface area (Å²) in [6.45, 7) is 10.3. The molecule has 0 aliphatic carbocycles. The van der Waals surface area contributed by atoms with E-state index in [4.69, 9.17) is 14.2 Å². The van der Waals surface area contributed by atoms with Gasteiger partial charge in [-0.05, 0) is 63.1 Å². The molecular weight excluding hydrogens is 382 g/mol. The third-order valence-electron chi connectivity index (χ3n) is 4.43. The van der Waals surface area contributed by atoms with E-state index in [0.717, 1.165) is 29.2 Å². The Kier molecular flexibility index (Phi) is 9.12. The number of aliphatic imine (C=N–C) groups is 1. The van der Waals surface area contributed by atoms with Gasteiger partial charge < -0.3 is 30.0 Å². The molecule has 0 aromatic heterocycles. The van der Waals surface area contributed by atoms with Crippen LogP contribution in [0.25, 0.3) is 0 Å². The van der Waals surface area contributed by atoms with E-state index < -0.39 is 0 Å². The van der Waals surface area contributed by atoms with Gasteiger partial charge in [-0.1, -0.05) is 12.1 Å². The van der Waals surface area contributed by atoms with Crippen LogP contribution in [0.15, 0.2) is 41.4 Å². The molecule has 0 bridgehead atoms. The predicted molar refractivity (Wildman–Crippen MR) is 120 cm³/mol. The zero-order valence-corrected chi connectivity index (χ0v) is 18.5. The van der Waals surface area contributed by atoms with Crippen LogP contribution in [-0.2, 0) is 6.54 Å². The second-order valence-electron chi connectivity index (χ2n) is 6.64. The molecule has 7 heteroatoms. The van der Waals surface area contributed by atoms with Gasteiger partial charge >= 0.3 is 0 Å². The molecule has 30 heavy (non-hydrogen) atoms. The maximum atomic E-state index is 9.96. The van der Waals surface area contributed by atoms with Gasteiger partial charge in [0.05, 0.1) is 32.9 Å². The summed E-state index contributed by atoms with van der Waals surface area (Å²) >= 11 is 0. The summed E-state index contributed by atoms with van der Waals surface area (Å²) in [5.41, 5.74) is 1.95. The quantitative estimate of drug-likeness (QED) is 0.402. The number of phenolic OH excluding ortho intramolecular Hbond substituents is 1. The lowest BCUT2D eigenvalue weighted by atomic mass is 10.1. The topological polar surface area (TPSA) is 84.3 Å². The highest BCUT2D eigenvalue weighted by atomic mass is 16.5. The van der Waals surface area contributed by atoms with E-state index in [1.165, 1.54) is 7.11 Å². The Bertz CT molecular complexity index is 839. The number of guanidine groups is 1. The Balaban J connectivity index is 2.14. The number of phenols is 1. The van der Waals surface area contributed by atoms with Gasteiger partial charge in [0.15, 0.2) is 29.0 Å². The highest BCUT2D eigenvalue weighted by Gasteiger charge is 2.12. The lowest BCUT2D eigenvalue weighted by molar-refractivity contribution is 0.287. The van der Waals surface area contributed by atoms with Gasteiger partial charge in [0.25, 0.3) is 0 Å². The Labute approximate surface area is 179 Å². The fourth-order valence-corrected chi connectivity index (χ4v) is 2.95. The summed E-state index contributed by atoms with van der Waals surface area (Å²) in [5.74, 6) is 2.72. The highest BCUT2D eigenvalue weighted by molar-refractivity contribution is 5.80. The van der Waals surface area contributed by atoms with Gasteiger partial charge in [-0.3, -0.25) is 0 Å². The average Bonchev–Trinajstić information content (AvgIpc) is 2.73. The van der Waals surface area contributed by atoms with Crippen LogP contribution < -0.4 is 24.8 Å². The number of methoxy groups -OCH3 is 1. The maximum Gasteiger partial charge on any atom is 0.192 e. The highest BCUT2D eigenvalue weighted by Crippen LogP contribution is 2.31. The molecule has 7 nitrogen and oxygen atoms in total. The fourth-order valence-electron chi connectivity index (χ4n) is 2.95. The standard InChI is InChI=1S/C23H33N3O4/c1-6-24-23(25-15-17-9-11-20(28-5)19(27)13-17)26-16(4)18-10-12-21(29-7-2)22(14-18)30-8-3/h9-14,16,27H,6-8,15H2,1-5H3,(H2,24,25,26). The minimum Gasteiger partial charge on any atom is -0.504 e. The van der Waals surface area contributed by atoms with Gasteiger partial charge in [-0.25, -0.2) is 4.99 Å². The molecule has 2 aromatic carbocycles. The first-order chi connectivity index (χ1) is 14.5. The molecule has 1 unspecified atom stereocenters. The second-order valence-corrected chi connectivity index (χ2v) is 6.64. The molecule has 2 rings (SSSR count). The van der Waals surface area contributed by atoms with Crippen molar-refractivity contribution in [3.8, 4) is 23.0 Å². The molecule has 0 radical (unpaired) electrons. The molecule has 0 amide bonds. The van der Waals surface area contributed by atoms with Crippen molar-refractivity contribution in [1.29, 1.82) is 0 Å². The predicted octanol–water partition coefficient (Wildman–Crippen LogP) is 4.01. The average molecular weight is 416 g/mol. The SMILES string of the molecule is CCNC(=NCc1ccc(OC)c(O)c1)NC(C)c1ccc(OCC)c(OCC)c1. The summed E-state index contributed by atoms with van der Waals surface area (Å²) in [7, 11) is 1.53. The number of nitrogens with zero attached hydrogens (tertiary/aromatic N) is 1. The van der Waals surface area contributed by atoms with Crippen molar-refractivity contribution >= 4 is 5.96 Å². The zero-order chi connectivity index (χ0) is 21.9. The van der Waals surface area contributed by atoms with Crippen LogP contribution >= 0.6 is 0 Å². The van der Waals surface area contributed by atoms with Crippen molar-refractivity contribution in [2.45, 2.75) is 40.3 Å². The van der Waals surface area contributed by atoms with Crippen LogP contribution in [0.2, 0.25) is 0 Å². The van der Waals surface area contributed by atoms with Crippen LogP contribution in [0, 0.1) is 0 Å². The fraction of sp³-hybridized carbons (Fsp3) is 0.435. The summed E-state index contributed by atoms with van der Waals surface area (Å²) < 4.78 is 16.5. The Hall–Kier alpha value is -3.09. The third kappa shape index (κ3) is 6.47. The smallest absolute Gasteiger partial charge is 0.192 e. The van der Waals surface area contributed by atoms with Crippen molar-refractivity contribution < 1.29 is 19.3 Å². The Morgan fingerprint density at radius 2 is 1.70 bits per heavy atom. The molecule has 0 saturated heterocycles. The third-order valence-corrected chi connectivity index (χ3v) is 4.43. The van der Waals surface area contributed by atoms with Crippen LogP contribution in [-0.4, -0.2) is 37.9 Å². The van der Waals surface area contributed by atoms with E-state index in [2.05, 4.69) is 22.5 Å². The Morgan fingerprint density at radius 3 is 2.33 bits per heavy atom. The van der Waals surface area contributed by atoms with Gasteiger partial charge in [-0.2, -0.15) is 0 Å². The zero-order valence-electron chi connectivity index (χ0n) is 18.5. The van der Waals surface area contributed by atoms with E-state index in [1.54, 1.807) is 12.1 Å². The van der Waals surface area contributed by atoms with Crippen LogP contribution in [0.1, 0.15) is 44.9 Å². The van der Waals surface area contributed by atoms with Crippen LogP contribution in [0.3, 0.4) is 0 Å². The first-order valence-electron chi connectivity index (χ1n) is 10.3. The van der Waals surface area contributed by atoms with Crippen molar-refractivity contribution in [1.82, 2.24) is 10.6 Å². The summed E-state index contributed by atoms with van der Waals surface area (Å²) in [5, 5.41) is 16.6. The molecule has 0 aliphatic rings. The number of rotatable bonds is 10. The van der Waals surface area contributed by atoms with Crippen molar-refractivity contribution in [3.05, 3.63) is 47.5 Å². The molecular formula is C23H33N3O4. The van der Waals surface area contributed by atoms with Gasteiger partial charge in [-0.15, -0.1) is 0 Å². The van der Waals surface area contributed by atoms with Crippen molar-refractivity contribution in [2.24, 2.45) is 4.99 Å². The summed E-state index contributed by atoms with van der Waals surface area (Å²) in [6.07, 6.45) is 0. The number of hydrogen-bond acceptors (Lipinski definition) is 5. The minimum atomic E-state index is 0.00181. The number of ether oxygens (including phenoxy) is 3. The Morgan fingerprint density at radius 1 is 1.00 bits per heavy atom. The lowest BCUT2D eigenvalue weighted by Crippen LogP contribution is -2.38. The normalized spacial score (nSPS) is 12.2. The van der Waals surface area contributed by atoms with E-state index >= 15 is 0 Å². The summed E-state index contributed by atoms with van der Waals surface area (Å²) in [4.78, 5) is 4.64. The lowest BCUT2D eigenvalue weighted by Gasteiger charge is -2.20. The maximum absolute atomic E-state index is 9.96. The second kappa shape index (κ2) is 11.8. The number of hydrogen-bond donors (Lipinski definition) is 3. The van der Waals surface area contributed by atoms with Gasteiger partial charge in [0.2, 0.25) is 0 Å². The first kappa shape index (κ1) is 23.2. The van der Waals surface area contributed by atoms with E-state index in [9.17, 15) is 5.11 Å². The first-order valence-corrected chi connectivity index (χ1v) is 10.3. The molecule has 3 N–H and O–H groups in total. The van der Waals surface area contributed by atoms with Gasteiger partial charge in [0, 0.05) is 6.54 Å². The van der Waals surface area contributed by atoms with Crippen molar-refractivity contribution in [2.75, 3.05) is 26.9 Å². The molecule has 164 valence electrons. The molecule has 0 heterocycles. The van der Waals surface area contributed by atoms with Crippen LogP contribution in [0.5, 0.6) is 23.0 Å². The monoisotopic (exact) mass is 415 g/mol. The number of benzene rings is 2. The van der Waals surface area contributed by atoms with Crippen molar-refractivity contribution in [3.63, 3.8) is 0 Å². The molecule has 1 atom stereocenters. The van der Waals surface area contributed by atoms with E-state index in [-0.39, 0.29) is 11.8 Å². The van der Waals surface area contributed by atoms with Crippen LogP contribution in [0.4, 0.5) is 0 Å². The molecule has 0 aliphatic heterocycles. The molecule has 0 spiro atoms. The largest absolute Gasteiger partial charge is 0.504 e. The number of nitrogens with one attached hydrogen (secondary N) is 2. The molecule has 2 aromatic rings.